The summed E-state index contributed by atoms with van der Waals surface area (Å²) in [6, 6.07) is 13.0. The Hall–Kier alpha value is -4.14. The van der Waals surface area contributed by atoms with E-state index in [1.54, 1.807) is 54.3 Å². The summed E-state index contributed by atoms with van der Waals surface area (Å²) < 4.78 is 31.2. The number of nitrogens with two attached hydrogens (primary N) is 1. The number of hydrogen-bond acceptors (Lipinski definition) is 6. The molecule has 1 fully saturated rings. The second-order valence-corrected chi connectivity index (χ2v) is 8.08. The number of ether oxygens (including phenoxy) is 1. The minimum atomic E-state index is -2.93. The Kier molecular flexibility index (Phi) is 5.53. The van der Waals surface area contributed by atoms with Crippen molar-refractivity contribution in [1.29, 1.82) is 0 Å². The van der Waals surface area contributed by atoms with Gasteiger partial charge in [0.1, 0.15) is 11.4 Å². The average molecular weight is 461 g/mol. The normalized spacial score (nSPS) is 13.8. The lowest BCUT2D eigenvalue weighted by molar-refractivity contribution is -0.0498. The van der Waals surface area contributed by atoms with Gasteiger partial charge in [0, 0.05) is 47.9 Å². The Morgan fingerprint density at radius 1 is 1.15 bits per heavy atom. The van der Waals surface area contributed by atoms with Crippen molar-refractivity contribution in [1.82, 2.24) is 14.6 Å². The fraction of sp³-hybridized carbons (Fsp3) is 0.200. The summed E-state index contributed by atoms with van der Waals surface area (Å²) in [7, 11) is 1.64. The van der Waals surface area contributed by atoms with Gasteiger partial charge in [-0.1, -0.05) is 18.2 Å². The molecule has 0 spiro atoms. The van der Waals surface area contributed by atoms with Crippen LogP contribution < -0.4 is 15.9 Å². The molecule has 0 aliphatic heterocycles. The molecule has 4 aromatic rings. The smallest absolute Gasteiger partial charge is 0.387 e. The van der Waals surface area contributed by atoms with E-state index < -0.39 is 6.61 Å². The Labute approximate surface area is 193 Å². The van der Waals surface area contributed by atoms with Crippen molar-refractivity contribution in [3.63, 3.8) is 0 Å². The standard InChI is InChI=1S/C25H21F2N5O2/c1-29-13-17-12-16(6-9-19(17)28)22-23(33)21(15-4-7-18(8-5-15)34-25(26)27)24-30-20(14-2-3-14)10-11-32(24)31-22/h4-14,25H,2-3,28H2,1H3. The van der Waals surface area contributed by atoms with Crippen LogP contribution in [0, 0.1) is 0 Å². The number of halogens is 2. The molecule has 1 aliphatic rings. The van der Waals surface area contributed by atoms with E-state index in [9.17, 15) is 13.6 Å². The lowest BCUT2D eigenvalue weighted by Gasteiger charge is -2.12. The van der Waals surface area contributed by atoms with Gasteiger partial charge in [0.2, 0.25) is 5.43 Å². The number of rotatable bonds is 6. The van der Waals surface area contributed by atoms with Crippen LogP contribution in [0.1, 0.15) is 30.0 Å². The molecule has 2 N–H and O–H groups in total. The van der Waals surface area contributed by atoms with E-state index in [0.29, 0.717) is 39.5 Å². The first kappa shape index (κ1) is 21.7. The SMILES string of the molecule is CN=Cc1cc(-c2nn3ccc(C4CC4)nc3c(-c3ccc(OC(F)F)cc3)c2=O)ccc1N. The lowest BCUT2D eigenvalue weighted by Crippen LogP contribution is -2.17. The fourth-order valence-corrected chi connectivity index (χ4v) is 3.88. The molecule has 2 heterocycles. The molecule has 9 heteroatoms. The van der Waals surface area contributed by atoms with Gasteiger partial charge in [-0.3, -0.25) is 9.79 Å². The molecule has 7 nitrogen and oxygen atoms in total. The fourth-order valence-electron chi connectivity index (χ4n) is 3.88. The number of alkyl halides is 2. The first-order valence-corrected chi connectivity index (χ1v) is 10.8. The van der Waals surface area contributed by atoms with E-state index in [1.165, 1.54) is 12.1 Å². The van der Waals surface area contributed by atoms with Gasteiger partial charge in [-0.05, 0) is 48.7 Å². The maximum atomic E-state index is 13.8. The van der Waals surface area contributed by atoms with Crippen LogP contribution in [-0.2, 0) is 0 Å². The summed E-state index contributed by atoms with van der Waals surface area (Å²) in [6.07, 6.45) is 5.52. The van der Waals surface area contributed by atoms with Crippen LogP contribution in [0.15, 0.2) is 64.5 Å². The van der Waals surface area contributed by atoms with Gasteiger partial charge in [-0.2, -0.15) is 13.9 Å². The zero-order chi connectivity index (χ0) is 23.8. The molecule has 0 amide bonds. The molecular formula is C25H21F2N5O2. The highest BCUT2D eigenvalue weighted by atomic mass is 19.3. The number of fused-ring (bicyclic) bond motifs is 1. The lowest BCUT2D eigenvalue weighted by atomic mass is 10.0. The summed E-state index contributed by atoms with van der Waals surface area (Å²) in [5.74, 6) is 0.383. The maximum Gasteiger partial charge on any atom is 0.387 e. The molecule has 0 atom stereocenters. The summed E-state index contributed by atoms with van der Waals surface area (Å²) in [6.45, 7) is -2.93. The van der Waals surface area contributed by atoms with Crippen LogP contribution in [0.25, 0.3) is 28.0 Å². The number of nitrogens with zero attached hydrogens (tertiary/aromatic N) is 4. The predicted octanol–water partition coefficient (Wildman–Crippen LogP) is 4.53. The Balaban J connectivity index is 1.73. The monoisotopic (exact) mass is 461 g/mol. The van der Waals surface area contributed by atoms with Gasteiger partial charge >= 0.3 is 6.61 Å². The number of aromatic nitrogens is 3. The average Bonchev–Trinajstić information content (AvgIpc) is 3.66. The minimum Gasteiger partial charge on any atom is -0.435 e. The number of nitrogen functional groups attached to an aromatic ring is 1. The van der Waals surface area contributed by atoms with Crippen LogP contribution in [0.5, 0.6) is 5.75 Å². The van der Waals surface area contributed by atoms with Crippen LogP contribution >= 0.6 is 0 Å². The van der Waals surface area contributed by atoms with Crippen molar-refractivity contribution in [2.24, 2.45) is 4.99 Å². The number of benzene rings is 2. The third-order valence-corrected chi connectivity index (χ3v) is 5.70. The second-order valence-electron chi connectivity index (χ2n) is 8.08. The van der Waals surface area contributed by atoms with Gasteiger partial charge in [-0.25, -0.2) is 9.50 Å². The highest BCUT2D eigenvalue weighted by molar-refractivity contribution is 5.89. The quantitative estimate of drug-likeness (QED) is 0.336. The number of aliphatic imine (C=N–C) groups is 1. The molecule has 0 unspecified atom stereocenters. The third-order valence-electron chi connectivity index (χ3n) is 5.70. The molecule has 0 saturated heterocycles. The maximum absolute atomic E-state index is 13.8. The molecular weight excluding hydrogens is 440 g/mol. The van der Waals surface area contributed by atoms with Crippen molar-refractivity contribution < 1.29 is 13.5 Å². The van der Waals surface area contributed by atoms with Crippen molar-refractivity contribution in [2.45, 2.75) is 25.4 Å². The molecule has 34 heavy (non-hydrogen) atoms. The van der Waals surface area contributed by atoms with Gasteiger partial charge in [0.25, 0.3) is 0 Å². The topological polar surface area (TPSA) is 94.9 Å². The van der Waals surface area contributed by atoms with Crippen LogP contribution in [0.3, 0.4) is 0 Å². The van der Waals surface area contributed by atoms with E-state index >= 15 is 0 Å². The first-order valence-electron chi connectivity index (χ1n) is 10.8. The largest absolute Gasteiger partial charge is 0.435 e. The molecule has 2 aromatic carbocycles. The van der Waals surface area contributed by atoms with Gasteiger partial charge in [-0.15, -0.1) is 0 Å². The highest BCUT2D eigenvalue weighted by Gasteiger charge is 2.26. The number of hydrogen-bond donors (Lipinski definition) is 1. The summed E-state index contributed by atoms with van der Waals surface area (Å²) >= 11 is 0. The Bertz CT molecular complexity index is 1460. The predicted molar refractivity (Wildman–Crippen MR) is 127 cm³/mol. The zero-order valence-electron chi connectivity index (χ0n) is 18.3. The highest BCUT2D eigenvalue weighted by Crippen LogP contribution is 2.39. The molecule has 2 aromatic heterocycles. The third kappa shape index (κ3) is 4.12. The van der Waals surface area contributed by atoms with Crippen molar-refractivity contribution in [3.8, 4) is 28.1 Å². The van der Waals surface area contributed by atoms with E-state index in [0.717, 1.165) is 18.5 Å². The zero-order valence-corrected chi connectivity index (χ0v) is 18.3. The Morgan fingerprint density at radius 2 is 1.88 bits per heavy atom. The van der Waals surface area contributed by atoms with E-state index in [2.05, 4.69) is 14.8 Å². The first-order chi connectivity index (χ1) is 16.4. The summed E-state index contributed by atoms with van der Waals surface area (Å²) in [4.78, 5) is 22.5. The van der Waals surface area contributed by atoms with Gasteiger partial charge < -0.3 is 10.5 Å². The number of anilines is 1. The molecule has 0 radical (unpaired) electrons. The molecule has 0 bridgehead atoms. The van der Waals surface area contributed by atoms with Gasteiger partial charge in [0.05, 0.1) is 5.56 Å². The molecule has 1 saturated carbocycles. The van der Waals surface area contributed by atoms with Crippen molar-refractivity contribution >= 4 is 17.5 Å². The summed E-state index contributed by atoms with van der Waals surface area (Å²) in [5, 5.41) is 4.57. The summed E-state index contributed by atoms with van der Waals surface area (Å²) in [5.41, 5.74) is 9.87. The van der Waals surface area contributed by atoms with Crippen LogP contribution in [-0.4, -0.2) is 34.5 Å². The van der Waals surface area contributed by atoms with E-state index in [4.69, 9.17) is 10.7 Å². The van der Waals surface area contributed by atoms with Gasteiger partial charge in [0.15, 0.2) is 5.65 Å². The van der Waals surface area contributed by atoms with E-state index in [-0.39, 0.29) is 16.9 Å². The second kappa shape index (κ2) is 8.66. The van der Waals surface area contributed by atoms with Crippen LogP contribution in [0.2, 0.25) is 0 Å². The Morgan fingerprint density at radius 3 is 2.56 bits per heavy atom. The molecule has 1 aliphatic carbocycles. The van der Waals surface area contributed by atoms with Crippen molar-refractivity contribution in [3.05, 3.63) is 76.2 Å². The molecule has 172 valence electrons. The van der Waals surface area contributed by atoms with Crippen molar-refractivity contribution in [2.75, 3.05) is 12.8 Å². The molecule has 5 rings (SSSR count). The van der Waals surface area contributed by atoms with E-state index in [1.807, 2.05) is 6.07 Å². The minimum absolute atomic E-state index is 0.00564. The van der Waals surface area contributed by atoms with Crippen LogP contribution in [0.4, 0.5) is 14.5 Å².